The zero-order chi connectivity index (χ0) is 25.4. The van der Waals surface area contributed by atoms with Crippen molar-refractivity contribution in [3.63, 3.8) is 0 Å². The van der Waals surface area contributed by atoms with Crippen LogP contribution in [0.2, 0.25) is 0 Å². The molecule has 0 radical (unpaired) electrons. The first-order chi connectivity index (χ1) is 16.1. The second kappa shape index (κ2) is 11.5. The van der Waals surface area contributed by atoms with Crippen LogP contribution in [0.3, 0.4) is 0 Å². The van der Waals surface area contributed by atoms with Gasteiger partial charge in [0.15, 0.2) is 27.5 Å². The number of ether oxygens (including phenoxy) is 2. The van der Waals surface area contributed by atoms with Crippen LogP contribution in [0.1, 0.15) is 25.3 Å². The van der Waals surface area contributed by atoms with E-state index in [1.807, 2.05) is 0 Å². The second-order valence-corrected chi connectivity index (χ2v) is 9.79. The molecule has 0 aliphatic heterocycles. The van der Waals surface area contributed by atoms with Crippen LogP contribution in [0.25, 0.3) is 0 Å². The third-order valence-electron chi connectivity index (χ3n) is 5.56. The monoisotopic (exact) mass is 485 g/mol. The van der Waals surface area contributed by atoms with Crippen molar-refractivity contribution < 1.29 is 32.2 Å². The molecule has 0 heterocycles. The van der Waals surface area contributed by atoms with Crippen molar-refractivity contribution in [1.29, 1.82) is 0 Å². The summed E-state index contributed by atoms with van der Waals surface area (Å²) in [6.07, 6.45) is 4.33. The first-order valence-corrected chi connectivity index (χ1v) is 11.9. The highest BCUT2D eigenvalue weighted by Crippen LogP contribution is 2.36. The zero-order valence-corrected chi connectivity index (χ0v) is 20.1. The third-order valence-corrected chi connectivity index (χ3v) is 7.75. The minimum Gasteiger partial charge on any atom is -0.624 e. The molecule has 0 aliphatic carbocycles. The molecule has 0 fully saturated rings. The molecule has 0 N–H and O–H groups in total. The maximum absolute atomic E-state index is 13.7. The molecule has 0 aliphatic rings. The molecule has 180 valence electrons. The molecule has 0 amide bonds. The average molecular weight is 486 g/mol. The van der Waals surface area contributed by atoms with Gasteiger partial charge in [-0.15, -0.1) is 12.3 Å². The van der Waals surface area contributed by atoms with Crippen molar-refractivity contribution in [1.82, 2.24) is 0 Å². The van der Waals surface area contributed by atoms with Gasteiger partial charge in [-0.25, -0.2) is 13.2 Å². The molecule has 1 unspecified atom stereocenters. The number of hydrogen-bond acceptors (Lipinski definition) is 7. The van der Waals surface area contributed by atoms with Crippen LogP contribution in [0, 0.1) is 23.0 Å². The minimum absolute atomic E-state index is 0.0724. The number of nitrogens with zero attached hydrogens (tertiary/aromatic N) is 1. The normalized spacial score (nSPS) is 13.2. The van der Waals surface area contributed by atoms with E-state index in [1.165, 1.54) is 31.2 Å². The third kappa shape index (κ3) is 5.64. The summed E-state index contributed by atoms with van der Waals surface area (Å²) in [5, 5.41) is 11.5. The Morgan fingerprint density at radius 2 is 1.53 bits per heavy atom. The summed E-state index contributed by atoms with van der Waals surface area (Å²) in [6.45, 7) is 1.22. The maximum Gasteiger partial charge on any atom is 0.324 e. The van der Waals surface area contributed by atoms with Gasteiger partial charge >= 0.3 is 11.9 Å². The van der Waals surface area contributed by atoms with Crippen molar-refractivity contribution in [3.8, 4) is 12.3 Å². The first kappa shape index (κ1) is 26.6. The number of carbonyl (C=O) groups excluding carboxylic acids is 2. The molecule has 2 aromatic carbocycles. The van der Waals surface area contributed by atoms with Crippen molar-refractivity contribution >= 4 is 27.5 Å². The molecular weight excluding hydrogens is 458 g/mol. The zero-order valence-electron chi connectivity index (χ0n) is 19.3. The summed E-state index contributed by atoms with van der Waals surface area (Å²) < 4.78 is 37.6. The number of hydrogen-bond donors (Lipinski definition) is 0. The molecule has 0 bridgehead atoms. The SMILES string of the molecule is C#CCC(CC(/C(C)=[N+](\[O-])Cc1ccccc1)S(=O)(=O)c1ccccc1)(C(=O)OC)C(=O)OC. The topological polar surface area (TPSA) is 113 Å². The highest BCUT2D eigenvalue weighted by Gasteiger charge is 2.53. The van der Waals surface area contributed by atoms with Gasteiger partial charge in [0.05, 0.1) is 19.1 Å². The summed E-state index contributed by atoms with van der Waals surface area (Å²) in [5.41, 5.74) is -1.58. The highest BCUT2D eigenvalue weighted by molar-refractivity contribution is 7.92. The quantitative estimate of drug-likeness (QED) is 0.0967. The average Bonchev–Trinajstić information content (AvgIpc) is 2.86. The van der Waals surface area contributed by atoms with E-state index in [1.54, 1.807) is 36.4 Å². The highest BCUT2D eigenvalue weighted by atomic mass is 32.2. The van der Waals surface area contributed by atoms with E-state index < -0.39 is 45.3 Å². The Hall–Kier alpha value is -3.64. The fourth-order valence-corrected chi connectivity index (χ4v) is 5.57. The number of esters is 2. The molecule has 1 atom stereocenters. The van der Waals surface area contributed by atoms with Gasteiger partial charge in [-0.2, -0.15) is 0 Å². The molecule has 0 spiro atoms. The molecule has 8 nitrogen and oxygen atoms in total. The predicted molar refractivity (Wildman–Crippen MR) is 126 cm³/mol. The van der Waals surface area contributed by atoms with Crippen LogP contribution in [0.4, 0.5) is 0 Å². The lowest BCUT2D eigenvalue weighted by molar-refractivity contribution is -0.476. The standard InChI is InChI=1S/C25H27NO7S/c1-5-16-25(23(27)32-3,24(28)33-4)17-22(34(30,31)21-14-10-7-11-15-21)19(2)26(29)18-20-12-8-6-9-13-20/h1,6-15,22H,16-18H2,2-4H3/b26-19-. The summed E-state index contributed by atoms with van der Waals surface area (Å²) in [6, 6.07) is 16.2. The lowest BCUT2D eigenvalue weighted by Crippen LogP contribution is -2.47. The second-order valence-electron chi connectivity index (χ2n) is 7.66. The van der Waals surface area contributed by atoms with Crippen molar-refractivity contribution in [2.75, 3.05) is 14.2 Å². The summed E-state index contributed by atoms with van der Waals surface area (Å²) in [7, 11) is -2.12. The molecule has 9 heteroatoms. The molecule has 0 aromatic heterocycles. The van der Waals surface area contributed by atoms with E-state index in [2.05, 4.69) is 5.92 Å². The number of terminal acetylenes is 1. The smallest absolute Gasteiger partial charge is 0.324 e. The fourth-order valence-electron chi connectivity index (χ4n) is 3.64. The number of rotatable bonds is 10. The van der Waals surface area contributed by atoms with Gasteiger partial charge in [-0.05, 0) is 12.1 Å². The van der Waals surface area contributed by atoms with E-state index in [0.717, 1.165) is 14.2 Å². The largest absolute Gasteiger partial charge is 0.624 e. The predicted octanol–water partition coefficient (Wildman–Crippen LogP) is 2.75. The maximum atomic E-state index is 13.7. The number of hydroxylamine groups is 1. The molecule has 2 rings (SSSR count). The molecule has 2 aromatic rings. The van der Waals surface area contributed by atoms with Gasteiger partial charge in [0.25, 0.3) is 0 Å². The van der Waals surface area contributed by atoms with Gasteiger partial charge in [-0.3, -0.25) is 9.59 Å². The molecule has 0 saturated heterocycles. The molecule has 0 saturated carbocycles. The van der Waals surface area contributed by atoms with Gasteiger partial charge in [0.2, 0.25) is 0 Å². The number of benzene rings is 2. The Morgan fingerprint density at radius 3 is 2.00 bits per heavy atom. The Kier molecular flexibility index (Phi) is 8.98. The molecule has 34 heavy (non-hydrogen) atoms. The summed E-state index contributed by atoms with van der Waals surface area (Å²) in [4.78, 5) is 25.5. The van der Waals surface area contributed by atoms with E-state index >= 15 is 0 Å². The molecular formula is C25H27NO7S. The van der Waals surface area contributed by atoms with Crippen LogP contribution >= 0.6 is 0 Å². The fraction of sp³-hybridized carbons (Fsp3) is 0.320. The van der Waals surface area contributed by atoms with Crippen molar-refractivity contribution in [3.05, 3.63) is 71.4 Å². The van der Waals surface area contributed by atoms with Crippen molar-refractivity contribution in [2.24, 2.45) is 5.41 Å². The van der Waals surface area contributed by atoms with E-state index in [4.69, 9.17) is 15.9 Å². The Morgan fingerprint density at radius 1 is 1.03 bits per heavy atom. The Bertz CT molecular complexity index is 1170. The summed E-state index contributed by atoms with van der Waals surface area (Å²) in [5.74, 6) is 0.161. The Labute approximate surface area is 199 Å². The van der Waals surface area contributed by atoms with Crippen LogP contribution < -0.4 is 0 Å². The van der Waals surface area contributed by atoms with Crippen LogP contribution in [0.15, 0.2) is 65.6 Å². The van der Waals surface area contributed by atoms with Gasteiger partial charge in [-0.1, -0.05) is 48.5 Å². The van der Waals surface area contributed by atoms with Gasteiger partial charge in [0, 0.05) is 25.3 Å². The van der Waals surface area contributed by atoms with E-state index in [-0.39, 0.29) is 17.2 Å². The lowest BCUT2D eigenvalue weighted by atomic mass is 9.79. The van der Waals surface area contributed by atoms with Crippen LogP contribution in [0.5, 0.6) is 0 Å². The first-order valence-electron chi connectivity index (χ1n) is 10.3. The van der Waals surface area contributed by atoms with E-state index in [9.17, 15) is 23.2 Å². The number of carbonyl (C=O) groups is 2. The van der Waals surface area contributed by atoms with Crippen LogP contribution in [-0.4, -0.2) is 50.3 Å². The van der Waals surface area contributed by atoms with E-state index in [0.29, 0.717) is 10.3 Å². The van der Waals surface area contributed by atoms with Crippen LogP contribution in [-0.2, 0) is 35.4 Å². The number of sulfone groups is 1. The van der Waals surface area contributed by atoms with Gasteiger partial charge < -0.3 is 14.7 Å². The minimum atomic E-state index is -4.24. The number of methoxy groups -OCH3 is 2. The summed E-state index contributed by atoms with van der Waals surface area (Å²) >= 11 is 0. The Balaban J connectivity index is 2.71. The van der Waals surface area contributed by atoms with Crippen molar-refractivity contribution in [2.45, 2.75) is 36.5 Å². The van der Waals surface area contributed by atoms with Gasteiger partial charge in [0.1, 0.15) is 5.25 Å². The lowest BCUT2D eigenvalue weighted by Gasteiger charge is -2.30.